The molecule has 0 saturated heterocycles. The van der Waals surface area contributed by atoms with Gasteiger partial charge in [0.15, 0.2) is 0 Å². The van der Waals surface area contributed by atoms with E-state index < -0.39 is 5.97 Å². The van der Waals surface area contributed by atoms with Crippen LogP contribution in [-0.2, 0) is 11.2 Å². The standard InChI is InChI=1S/C12H10FNO2S/c1-7-2-8(4-9(13)3-7)10-6-17-11(14-10)5-12(15)16/h2-4,6H,5H2,1H3,(H,15,16). The van der Waals surface area contributed by atoms with E-state index in [0.29, 0.717) is 16.3 Å². The lowest BCUT2D eigenvalue weighted by Crippen LogP contribution is -1.99. The van der Waals surface area contributed by atoms with Gasteiger partial charge in [-0.1, -0.05) is 0 Å². The van der Waals surface area contributed by atoms with E-state index >= 15 is 0 Å². The van der Waals surface area contributed by atoms with Crippen LogP contribution >= 0.6 is 11.3 Å². The molecule has 5 heteroatoms. The van der Waals surface area contributed by atoms with Crippen LogP contribution in [-0.4, -0.2) is 16.1 Å². The van der Waals surface area contributed by atoms with Crippen molar-refractivity contribution < 1.29 is 14.3 Å². The summed E-state index contributed by atoms with van der Waals surface area (Å²) in [4.78, 5) is 14.7. The minimum absolute atomic E-state index is 0.0982. The summed E-state index contributed by atoms with van der Waals surface area (Å²) >= 11 is 1.27. The second-order valence-corrected chi connectivity index (χ2v) is 4.66. The van der Waals surface area contributed by atoms with Crippen LogP contribution in [0.3, 0.4) is 0 Å². The number of carbonyl (C=O) groups is 1. The fourth-order valence-electron chi connectivity index (χ4n) is 1.54. The first-order chi connectivity index (χ1) is 8.04. The molecule has 88 valence electrons. The summed E-state index contributed by atoms with van der Waals surface area (Å²) < 4.78 is 13.2. The Morgan fingerprint density at radius 1 is 1.47 bits per heavy atom. The quantitative estimate of drug-likeness (QED) is 0.912. The lowest BCUT2D eigenvalue weighted by molar-refractivity contribution is -0.136. The number of aryl methyl sites for hydroxylation is 1. The molecule has 0 aliphatic carbocycles. The number of benzene rings is 1. The third kappa shape index (κ3) is 2.88. The molecule has 2 aromatic rings. The number of halogens is 1. The summed E-state index contributed by atoms with van der Waals surface area (Å²) in [5.74, 6) is -1.23. The Bertz CT molecular complexity index is 545. The summed E-state index contributed by atoms with van der Waals surface area (Å²) in [5, 5.41) is 10.9. The second-order valence-electron chi connectivity index (χ2n) is 3.71. The van der Waals surface area contributed by atoms with Crippen molar-refractivity contribution in [3.8, 4) is 11.3 Å². The SMILES string of the molecule is Cc1cc(F)cc(-c2csc(CC(=O)O)n2)c1. The average molecular weight is 251 g/mol. The number of nitrogens with zero attached hydrogens (tertiary/aromatic N) is 1. The molecule has 0 saturated carbocycles. The topological polar surface area (TPSA) is 50.2 Å². The summed E-state index contributed by atoms with van der Waals surface area (Å²) in [5.41, 5.74) is 2.11. The zero-order chi connectivity index (χ0) is 12.4. The van der Waals surface area contributed by atoms with E-state index in [0.717, 1.165) is 5.56 Å². The number of aromatic nitrogens is 1. The first kappa shape index (κ1) is 11.7. The predicted molar refractivity (Wildman–Crippen MR) is 63.6 cm³/mol. The molecule has 1 aromatic heterocycles. The minimum atomic E-state index is -0.915. The van der Waals surface area contributed by atoms with E-state index in [9.17, 15) is 9.18 Å². The normalized spacial score (nSPS) is 10.5. The highest BCUT2D eigenvalue weighted by atomic mass is 32.1. The number of thiazole rings is 1. The van der Waals surface area contributed by atoms with Crippen LogP contribution in [0.4, 0.5) is 4.39 Å². The Morgan fingerprint density at radius 3 is 2.88 bits per heavy atom. The van der Waals surface area contributed by atoms with Crippen LogP contribution in [0.5, 0.6) is 0 Å². The maximum absolute atomic E-state index is 13.2. The molecule has 0 aliphatic rings. The second kappa shape index (κ2) is 4.63. The van der Waals surface area contributed by atoms with Crippen molar-refractivity contribution in [3.63, 3.8) is 0 Å². The molecule has 17 heavy (non-hydrogen) atoms. The van der Waals surface area contributed by atoms with Gasteiger partial charge in [0.05, 0.1) is 12.1 Å². The summed E-state index contributed by atoms with van der Waals surface area (Å²) in [7, 11) is 0. The van der Waals surface area contributed by atoms with Crippen molar-refractivity contribution in [2.75, 3.05) is 0 Å². The number of hydrogen-bond acceptors (Lipinski definition) is 3. The molecule has 2 rings (SSSR count). The molecule has 0 aliphatic heterocycles. The molecule has 1 aromatic carbocycles. The molecular formula is C12H10FNO2S. The van der Waals surface area contributed by atoms with Gasteiger partial charge in [0, 0.05) is 10.9 Å². The zero-order valence-electron chi connectivity index (χ0n) is 9.11. The molecule has 0 fully saturated rings. The van der Waals surface area contributed by atoms with Gasteiger partial charge in [-0.2, -0.15) is 0 Å². The van der Waals surface area contributed by atoms with Gasteiger partial charge in [-0.15, -0.1) is 11.3 Å². The molecule has 0 atom stereocenters. The Balaban J connectivity index is 2.33. The fourth-order valence-corrected chi connectivity index (χ4v) is 2.33. The van der Waals surface area contributed by atoms with Crippen LogP contribution in [0, 0.1) is 12.7 Å². The smallest absolute Gasteiger partial charge is 0.310 e. The Labute approximate surface area is 102 Å². The van der Waals surface area contributed by atoms with Crippen molar-refractivity contribution in [1.29, 1.82) is 0 Å². The van der Waals surface area contributed by atoms with Gasteiger partial charge in [-0.3, -0.25) is 4.79 Å². The molecular weight excluding hydrogens is 241 g/mol. The van der Waals surface area contributed by atoms with Gasteiger partial charge in [0.25, 0.3) is 0 Å². The first-order valence-electron chi connectivity index (χ1n) is 4.98. The molecule has 0 spiro atoms. The summed E-state index contributed by atoms with van der Waals surface area (Å²) in [6.45, 7) is 1.80. The van der Waals surface area contributed by atoms with Crippen molar-refractivity contribution >= 4 is 17.3 Å². The molecule has 0 bridgehead atoms. The van der Waals surface area contributed by atoms with Crippen molar-refractivity contribution in [2.45, 2.75) is 13.3 Å². The van der Waals surface area contributed by atoms with Crippen molar-refractivity contribution in [1.82, 2.24) is 4.98 Å². The minimum Gasteiger partial charge on any atom is -0.481 e. The first-order valence-corrected chi connectivity index (χ1v) is 5.86. The lowest BCUT2D eigenvalue weighted by atomic mass is 10.1. The van der Waals surface area contributed by atoms with Gasteiger partial charge in [0.1, 0.15) is 10.8 Å². The van der Waals surface area contributed by atoms with E-state index in [2.05, 4.69) is 4.98 Å². The Kier molecular flexibility index (Phi) is 3.19. The largest absolute Gasteiger partial charge is 0.481 e. The number of carboxylic acids is 1. The zero-order valence-corrected chi connectivity index (χ0v) is 9.92. The average Bonchev–Trinajstić information content (AvgIpc) is 2.63. The maximum atomic E-state index is 13.2. The van der Waals surface area contributed by atoms with Gasteiger partial charge < -0.3 is 5.11 Å². The maximum Gasteiger partial charge on any atom is 0.310 e. The van der Waals surface area contributed by atoms with E-state index in [1.165, 1.54) is 23.5 Å². The molecule has 3 nitrogen and oxygen atoms in total. The molecule has 0 amide bonds. The van der Waals surface area contributed by atoms with E-state index in [-0.39, 0.29) is 12.2 Å². The third-order valence-electron chi connectivity index (χ3n) is 2.19. The van der Waals surface area contributed by atoms with Gasteiger partial charge in [0.2, 0.25) is 0 Å². The number of carboxylic acid groups (broad SMARTS) is 1. The third-order valence-corrected chi connectivity index (χ3v) is 3.04. The highest BCUT2D eigenvalue weighted by Crippen LogP contribution is 2.24. The predicted octanol–water partition coefficient (Wildman–Crippen LogP) is 2.88. The molecule has 1 N–H and O–H groups in total. The van der Waals surface area contributed by atoms with Gasteiger partial charge >= 0.3 is 5.97 Å². The van der Waals surface area contributed by atoms with E-state index in [1.54, 1.807) is 12.3 Å². The van der Waals surface area contributed by atoms with E-state index in [1.807, 2.05) is 6.07 Å². The number of aliphatic carboxylic acids is 1. The van der Waals surface area contributed by atoms with Crippen LogP contribution in [0.25, 0.3) is 11.3 Å². The Hall–Kier alpha value is -1.75. The Morgan fingerprint density at radius 2 is 2.24 bits per heavy atom. The lowest BCUT2D eigenvalue weighted by Gasteiger charge is -1.99. The highest BCUT2D eigenvalue weighted by Gasteiger charge is 2.09. The molecule has 0 radical (unpaired) electrons. The number of rotatable bonds is 3. The highest BCUT2D eigenvalue weighted by molar-refractivity contribution is 7.10. The fraction of sp³-hybridized carbons (Fsp3) is 0.167. The van der Waals surface area contributed by atoms with Crippen molar-refractivity contribution in [3.05, 3.63) is 40.0 Å². The molecule has 0 unspecified atom stereocenters. The van der Waals surface area contributed by atoms with Crippen LogP contribution in [0.15, 0.2) is 23.6 Å². The van der Waals surface area contributed by atoms with Crippen LogP contribution in [0.2, 0.25) is 0 Å². The van der Waals surface area contributed by atoms with E-state index in [4.69, 9.17) is 5.11 Å². The van der Waals surface area contributed by atoms with Crippen LogP contribution in [0.1, 0.15) is 10.6 Å². The summed E-state index contributed by atoms with van der Waals surface area (Å²) in [6.07, 6.45) is -0.0982. The number of hydrogen-bond donors (Lipinski definition) is 1. The monoisotopic (exact) mass is 251 g/mol. The van der Waals surface area contributed by atoms with Gasteiger partial charge in [-0.05, 0) is 30.7 Å². The van der Waals surface area contributed by atoms with Gasteiger partial charge in [-0.25, -0.2) is 9.37 Å². The molecule has 1 heterocycles. The summed E-state index contributed by atoms with van der Waals surface area (Å²) in [6, 6.07) is 4.66. The van der Waals surface area contributed by atoms with Crippen LogP contribution < -0.4 is 0 Å². The van der Waals surface area contributed by atoms with Crippen molar-refractivity contribution in [2.24, 2.45) is 0 Å².